The van der Waals surface area contributed by atoms with Crippen LogP contribution in [-0.4, -0.2) is 37.4 Å². The van der Waals surface area contributed by atoms with Gasteiger partial charge >= 0.3 is 0 Å². The highest BCUT2D eigenvalue weighted by molar-refractivity contribution is 7.99. The zero-order valence-corrected chi connectivity index (χ0v) is 19.5. The quantitative estimate of drug-likeness (QED) is 0.285. The molecule has 8 heteroatoms. The molecule has 4 aromatic rings. The molecule has 1 unspecified atom stereocenters. The molecular weight excluding hydrogens is 458 g/mol. The fraction of sp³-hybridized carbons (Fsp3) is 0.192. The Labute approximate surface area is 200 Å². The number of halogens is 2. The smallest absolute Gasteiger partial charge is 0.288 e. The number of hydrogen-bond donors (Lipinski definition) is 2. The van der Waals surface area contributed by atoms with Crippen LogP contribution < -0.4 is 14.8 Å². The number of methoxy groups -OCH3 is 2. The number of aromatic amines is 1. The van der Waals surface area contributed by atoms with E-state index < -0.39 is 5.76 Å². The van der Waals surface area contributed by atoms with Gasteiger partial charge in [-0.2, -0.15) is 8.78 Å². The van der Waals surface area contributed by atoms with Crippen molar-refractivity contribution in [2.24, 2.45) is 0 Å². The molecule has 3 aromatic carbocycles. The summed E-state index contributed by atoms with van der Waals surface area (Å²) < 4.78 is 36.3. The van der Waals surface area contributed by atoms with E-state index in [-0.39, 0.29) is 18.4 Å². The number of benzene rings is 3. The predicted molar refractivity (Wildman–Crippen MR) is 130 cm³/mol. The normalized spacial score (nSPS) is 12.0. The van der Waals surface area contributed by atoms with E-state index in [1.807, 2.05) is 48.7 Å². The molecule has 0 bridgehead atoms. The number of nitrogens with one attached hydrogen (secondary N) is 2. The molecule has 5 nitrogen and oxygen atoms in total. The summed E-state index contributed by atoms with van der Waals surface area (Å²) in [7, 11) is 3.17. The number of para-hydroxylation sites is 2. The standard InChI is InChI=1S/C26H24F2N2O3S/c1-32-23-9-5-7-19(24(23)33-2)21(20-14-29-22-8-4-3-6-18(20)22)15-30-25(31)16-10-12-17(13-11-16)34-26(27)28/h3-14,21,26,29H,15H2,1-2H3,(H,30,31). The van der Waals surface area contributed by atoms with E-state index in [2.05, 4.69) is 10.3 Å². The van der Waals surface area contributed by atoms with Crippen molar-refractivity contribution in [3.8, 4) is 11.5 Å². The number of carbonyl (C=O) groups excluding carboxylic acids is 1. The number of amides is 1. The number of fused-ring (bicyclic) bond motifs is 1. The van der Waals surface area contributed by atoms with Crippen LogP contribution in [0.4, 0.5) is 8.78 Å². The van der Waals surface area contributed by atoms with Crippen LogP contribution in [0.5, 0.6) is 11.5 Å². The number of rotatable bonds is 9. The van der Waals surface area contributed by atoms with Crippen LogP contribution >= 0.6 is 11.8 Å². The van der Waals surface area contributed by atoms with E-state index >= 15 is 0 Å². The molecule has 0 aliphatic heterocycles. The Hall–Kier alpha value is -3.52. The number of hydrogen-bond acceptors (Lipinski definition) is 4. The van der Waals surface area contributed by atoms with Crippen molar-refractivity contribution >= 4 is 28.6 Å². The van der Waals surface area contributed by atoms with Crippen LogP contribution in [0, 0.1) is 0 Å². The van der Waals surface area contributed by atoms with Gasteiger partial charge in [-0.1, -0.05) is 42.1 Å². The minimum Gasteiger partial charge on any atom is -0.493 e. The summed E-state index contributed by atoms with van der Waals surface area (Å²) in [6.45, 7) is 0.289. The van der Waals surface area contributed by atoms with Crippen LogP contribution in [0.25, 0.3) is 10.9 Å². The van der Waals surface area contributed by atoms with Crippen LogP contribution in [0.3, 0.4) is 0 Å². The molecule has 0 saturated carbocycles. The molecule has 0 fully saturated rings. The van der Waals surface area contributed by atoms with Gasteiger partial charge in [-0.15, -0.1) is 0 Å². The average Bonchev–Trinajstić information content (AvgIpc) is 3.28. The highest BCUT2D eigenvalue weighted by Gasteiger charge is 2.24. The number of alkyl halides is 2. The monoisotopic (exact) mass is 482 g/mol. The molecule has 34 heavy (non-hydrogen) atoms. The third kappa shape index (κ3) is 5.02. The van der Waals surface area contributed by atoms with Crippen molar-refractivity contribution in [1.82, 2.24) is 10.3 Å². The Balaban J connectivity index is 1.65. The van der Waals surface area contributed by atoms with Crippen molar-refractivity contribution in [2.75, 3.05) is 20.8 Å². The fourth-order valence-corrected chi connectivity index (χ4v) is 4.54. The van der Waals surface area contributed by atoms with E-state index in [4.69, 9.17) is 9.47 Å². The lowest BCUT2D eigenvalue weighted by atomic mass is 9.89. The highest BCUT2D eigenvalue weighted by Crippen LogP contribution is 2.40. The first-order valence-electron chi connectivity index (χ1n) is 10.6. The van der Waals surface area contributed by atoms with E-state index in [0.717, 1.165) is 22.0 Å². The second kappa shape index (κ2) is 10.6. The van der Waals surface area contributed by atoms with Gasteiger partial charge in [0, 0.05) is 45.6 Å². The summed E-state index contributed by atoms with van der Waals surface area (Å²) in [6.07, 6.45) is 1.94. The zero-order chi connectivity index (χ0) is 24.1. The maximum atomic E-state index is 12.9. The van der Waals surface area contributed by atoms with E-state index in [9.17, 15) is 13.6 Å². The van der Waals surface area contributed by atoms with Crippen molar-refractivity contribution in [3.05, 3.63) is 89.6 Å². The first-order valence-corrected chi connectivity index (χ1v) is 11.5. The SMILES string of the molecule is COc1cccc(C(CNC(=O)c2ccc(SC(F)F)cc2)c2c[nH]c3ccccc23)c1OC. The van der Waals surface area contributed by atoms with Gasteiger partial charge in [0.15, 0.2) is 11.5 Å². The number of thioether (sulfide) groups is 1. The number of aromatic nitrogens is 1. The van der Waals surface area contributed by atoms with Gasteiger partial charge < -0.3 is 19.8 Å². The number of H-pyrrole nitrogens is 1. The van der Waals surface area contributed by atoms with E-state index in [1.54, 1.807) is 26.4 Å². The zero-order valence-electron chi connectivity index (χ0n) is 18.7. The molecule has 1 atom stereocenters. The summed E-state index contributed by atoms with van der Waals surface area (Å²) in [5, 5.41) is 4.04. The average molecular weight is 483 g/mol. The number of carbonyl (C=O) groups is 1. The Morgan fingerprint density at radius 3 is 2.44 bits per heavy atom. The largest absolute Gasteiger partial charge is 0.493 e. The Morgan fingerprint density at radius 1 is 0.971 bits per heavy atom. The molecule has 0 aliphatic carbocycles. The lowest BCUT2D eigenvalue weighted by Gasteiger charge is -2.22. The van der Waals surface area contributed by atoms with Gasteiger partial charge in [-0.3, -0.25) is 4.79 Å². The third-order valence-electron chi connectivity index (χ3n) is 5.61. The first-order chi connectivity index (χ1) is 16.5. The molecule has 2 N–H and O–H groups in total. The Morgan fingerprint density at radius 2 is 1.74 bits per heavy atom. The summed E-state index contributed by atoms with van der Waals surface area (Å²) in [5.41, 5.74) is 3.26. The van der Waals surface area contributed by atoms with Crippen molar-refractivity contribution in [3.63, 3.8) is 0 Å². The van der Waals surface area contributed by atoms with Gasteiger partial charge in [0.1, 0.15) is 0 Å². The molecule has 0 radical (unpaired) electrons. The Bertz CT molecular complexity index is 1270. The minimum absolute atomic E-state index is 0.237. The van der Waals surface area contributed by atoms with Gasteiger partial charge in [0.25, 0.3) is 11.7 Å². The summed E-state index contributed by atoms with van der Waals surface area (Å²) >= 11 is 0.447. The molecular formula is C26H24F2N2O3S. The molecule has 1 amide bonds. The van der Waals surface area contributed by atoms with Crippen molar-refractivity contribution < 1.29 is 23.0 Å². The maximum absolute atomic E-state index is 12.9. The summed E-state index contributed by atoms with van der Waals surface area (Å²) in [5.74, 6) is -1.83. The summed E-state index contributed by atoms with van der Waals surface area (Å²) in [4.78, 5) is 16.6. The van der Waals surface area contributed by atoms with E-state index in [0.29, 0.717) is 33.7 Å². The first kappa shape index (κ1) is 23.6. The highest BCUT2D eigenvalue weighted by atomic mass is 32.2. The topological polar surface area (TPSA) is 63.3 Å². The van der Waals surface area contributed by atoms with Gasteiger partial charge in [-0.25, -0.2) is 0 Å². The van der Waals surface area contributed by atoms with Gasteiger partial charge in [-0.05, 0) is 42.0 Å². The maximum Gasteiger partial charge on any atom is 0.288 e. The molecule has 0 saturated heterocycles. The lowest BCUT2D eigenvalue weighted by molar-refractivity contribution is 0.0952. The second-order valence-corrected chi connectivity index (χ2v) is 8.60. The van der Waals surface area contributed by atoms with Crippen molar-refractivity contribution in [1.29, 1.82) is 0 Å². The van der Waals surface area contributed by atoms with Crippen LogP contribution in [0.1, 0.15) is 27.4 Å². The number of ether oxygens (including phenoxy) is 2. The van der Waals surface area contributed by atoms with Gasteiger partial charge in [0.2, 0.25) is 0 Å². The molecule has 176 valence electrons. The second-order valence-electron chi connectivity index (χ2n) is 7.54. The molecule has 1 heterocycles. The molecule has 4 rings (SSSR count). The third-order valence-corrected chi connectivity index (χ3v) is 6.34. The molecule has 0 aliphatic rings. The Kier molecular flexibility index (Phi) is 7.37. The molecule has 0 spiro atoms. The summed E-state index contributed by atoms with van der Waals surface area (Å²) in [6, 6.07) is 19.8. The van der Waals surface area contributed by atoms with Crippen LogP contribution in [0.2, 0.25) is 0 Å². The van der Waals surface area contributed by atoms with Crippen LogP contribution in [-0.2, 0) is 0 Å². The lowest BCUT2D eigenvalue weighted by Crippen LogP contribution is -2.29. The van der Waals surface area contributed by atoms with E-state index in [1.165, 1.54) is 12.1 Å². The predicted octanol–water partition coefficient (Wildman–Crippen LogP) is 6.06. The van der Waals surface area contributed by atoms with Crippen LogP contribution in [0.15, 0.2) is 77.8 Å². The molecule has 1 aromatic heterocycles. The fourth-order valence-electron chi connectivity index (χ4n) is 4.04. The van der Waals surface area contributed by atoms with Gasteiger partial charge in [0.05, 0.1) is 14.2 Å². The van der Waals surface area contributed by atoms with Crippen molar-refractivity contribution in [2.45, 2.75) is 16.6 Å². The minimum atomic E-state index is -2.51.